The average molecular weight is 246 g/mol. The predicted octanol–water partition coefficient (Wildman–Crippen LogP) is 2.36. The third kappa shape index (κ3) is 2.73. The van der Waals surface area contributed by atoms with Crippen LogP contribution in [0.5, 0.6) is 0 Å². The molecule has 0 bridgehead atoms. The molecule has 2 fully saturated rings. The van der Waals surface area contributed by atoms with Crippen LogP contribution < -0.4 is 0 Å². The third-order valence-electron chi connectivity index (χ3n) is 4.10. The quantitative estimate of drug-likeness (QED) is 0.773. The first-order chi connectivity index (χ1) is 7.46. The summed E-state index contributed by atoms with van der Waals surface area (Å²) in [6.45, 7) is 0. The van der Waals surface area contributed by atoms with Crippen molar-refractivity contribution in [1.82, 2.24) is 0 Å². The van der Waals surface area contributed by atoms with Gasteiger partial charge in [-0.05, 0) is 43.9 Å². The molecule has 0 saturated heterocycles. The molecule has 0 aromatic carbocycles. The van der Waals surface area contributed by atoms with Crippen LogP contribution in [0.25, 0.3) is 0 Å². The minimum atomic E-state index is -3.66. The number of carbonyl (C=O) groups excluding carboxylic acids is 1. The van der Waals surface area contributed by atoms with E-state index in [9.17, 15) is 14.3 Å². The first-order valence-electron chi connectivity index (χ1n) is 5.87. The lowest BCUT2D eigenvalue weighted by Crippen LogP contribution is -2.24. The SMILES string of the molecule is COP(=O)(O)CC(=O)C1CCC2(CC1)CC2. The Kier molecular flexibility index (Phi) is 3.26. The van der Waals surface area contributed by atoms with Crippen LogP contribution in [0, 0.1) is 11.3 Å². The third-order valence-corrected chi connectivity index (χ3v) is 5.38. The highest BCUT2D eigenvalue weighted by Crippen LogP contribution is 2.57. The Labute approximate surface area is 95.9 Å². The molecule has 92 valence electrons. The van der Waals surface area contributed by atoms with Crippen molar-refractivity contribution >= 4 is 13.4 Å². The summed E-state index contributed by atoms with van der Waals surface area (Å²) < 4.78 is 15.7. The Balaban J connectivity index is 1.84. The van der Waals surface area contributed by atoms with Gasteiger partial charge in [0, 0.05) is 13.0 Å². The summed E-state index contributed by atoms with van der Waals surface area (Å²) >= 11 is 0. The zero-order chi connectivity index (χ0) is 11.8. The van der Waals surface area contributed by atoms with E-state index in [-0.39, 0.29) is 17.9 Å². The molecule has 16 heavy (non-hydrogen) atoms. The van der Waals surface area contributed by atoms with Crippen molar-refractivity contribution in [2.24, 2.45) is 11.3 Å². The Morgan fingerprint density at radius 1 is 1.38 bits per heavy atom. The molecule has 1 spiro atoms. The molecule has 1 unspecified atom stereocenters. The van der Waals surface area contributed by atoms with Crippen molar-refractivity contribution in [3.8, 4) is 0 Å². The highest BCUT2D eigenvalue weighted by molar-refractivity contribution is 7.53. The van der Waals surface area contributed by atoms with Crippen LogP contribution >= 0.6 is 7.60 Å². The maximum Gasteiger partial charge on any atom is 0.335 e. The lowest BCUT2D eigenvalue weighted by molar-refractivity contribution is -0.121. The van der Waals surface area contributed by atoms with Crippen molar-refractivity contribution in [2.75, 3.05) is 13.3 Å². The lowest BCUT2D eigenvalue weighted by atomic mass is 9.78. The largest absolute Gasteiger partial charge is 0.335 e. The zero-order valence-electron chi connectivity index (χ0n) is 9.65. The first-order valence-corrected chi connectivity index (χ1v) is 7.63. The summed E-state index contributed by atoms with van der Waals surface area (Å²) in [5.41, 5.74) is 0.556. The molecular weight excluding hydrogens is 227 g/mol. The number of Topliss-reactive ketones (excluding diaryl/α,β-unsaturated/α-hetero) is 1. The molecule has 2 rings (SSSR count). The smallest absolute Gasteiger partial charge is 0.324 e. The second-order valence-corrected chi connectivity index (χ2v) is 7.18. The maximum atomic E-state index is 11.8. The zero-order valence-corrected chi connectivity index (χ0v) is 10.5. The van der Waals surface area contributed by atoms with Crippen molar-refractivity contribution in [3.05, 3.63) is 0 Å². The molecule has 0 aliphatic heterocycles. The second kappa shape index (κ2) is 4.25. The van der Waals surface area contributed by atoms with Crippen LogP contribution in [0.15, 0.2) is 0 Å². The Bertz CT molecular complexity index is 325. The molecular formula is C11H19O4P. The molecule has 0 heterocycles. The van der Waals surface area contributed by atoms with Gasteiger partial charge in [0.2, 0.25) is 0 Å². The number of rotatable bonds is 4. The predicted molar refractivity (Wildman–Crippen MR) is 60.3 cm³/mol. The van der Waals surface area contributed by atoms with E-state index in [0.29, 0.717) is 5.41 Å². The van der Waals surface area contributed by atoms with Gasteiger partial charge in [-0.2, -0.15) is 0 Å². The number of ketones is 1. The van der Waals surface area contributed by atoms with Crippen LogP contribution in [0.1, 0.15) is 38.5 Å². The van der Waals surface area contributed by atoms with Gasteiger partial charge in [-0.1, -0.05) is 0 Å². The number of carbonyl (C=O) groups is 1. The fourth-order valence-corrected chi connectivity index (χ4v) is 3.40. The van der Waals surface area contributed by atoms with Crippen LogP contribution in [-0.2, 0) is 13.9 Å². The van der Waals surface area contributed by atoms with Crippen LogP contribution in [0.2, 0.25) is 0 Å². The van der Waals surface area contributed by atoms with Crippen molar-refractivity contribution in [1.29, 1.82) is 0 Å². The maximum absolute atomic E-state index is 11.8. The lowest BCUT2D eigenvalue weighted by Gasteiger charge is -2.27. The molecule has 1 atom stereocenters. The highest BCUT2D eigenvalue weighted by atomic mass is 31.2. The molecule has 2 aliphatic rings. The van der Waals surface area contributed by atoms with E-state index >= 15 is 0 Å². The van der Waals surface area contributed by atoms with E-state index < -0.39 is 7.60 Å². The molecule has 0 aromatic heterocycles. The summed E-state index contributed by atoms with van der Waals surface area (Å²) in [6, 6.07) is 0. The standard InChI is InChI=1S/C11H19O4P/c1-15-16(13,14)8-10(12)9-2-4-11(5-3-9)6-7-11/h9H,2-8H2,1H3,(H,13,14). The molecule has 4 nitrogen and oxygen atoms in total. The van der Waals surface area contributed by atoms with Crippen molar-refractivity contribution < 1.29 is 18.8 Å². The van der Waals surface area contributed by atoms with E-state index in [1.165, 1.54) is 20.0 Å². The number of hydrogen-bond donors (Lipinski definition) is 1. The highest BCUT2D eigenvalue weighted by Gasteiger charge is 2.46. The van der Waals surface area contributed by atoms with E-state index in [2.05, 4.69) is 4.52 Å². The summed E-state index contributed by atoms with van der Waals surface area (Å²) in [6.07, 6.45) is 6.32. The average Bonchev–Trinajstić information content (AvgIpc) is 2.98. The van der Waals surface area contributed by atoms with Crippen LogP contribution in [0.3, 0.4) is 0 Å². The molecule has 2 aliphatic carbocycles. The Hall–Kier alpha value is -0.180. The summed E-state index contributed by atoms with van der Waals surface area (Å²) in [5.74, 6) is -0.106. The Morgan fingerprint density at radius 3 is 2.38 bits per heavy atom. The van der Waals surface area contributed by atoms with E-state index in [1.54, 1.807) is 0 Å². The summed E-state index contributed by atoms with van der Waals surface area (Å²) in [5, 5.41) is 0. The fourth-order valence-electron chi connectivity index (χ4n) is 2.62. The second-order valence-electron chi connectivity index (χ2n) is 5.22. The van der Waals surface area contributed by atoms with Crippen LogP contribution in [-0.4, -0.2) is 23.9 Å². The van der Waals surface area contributed by atoms with Gasteiger partial charge in [-0.15, -0.1) is 0 Å². The summed E-state index contributed by atoms with van der Waals surface area (Å²) in [7, 11) is -2.49. The van der Waals surface area contributed by atoms with E-state index in [4.69, 9.17) is 0 Å². The minimum absolute atomic E-state index is 0.0122. The molecule has 0 radical (unpaired) electrons. The normalized spacial score (nSPS) is 27.6. The van der Waals surface area contributed by atoms with Gasteiger partial charge in [0.25, 0.3) is 0 Å². The topological polar surface area (TPSA) is 63.6 Å². The van der Waals surface area contributed by atoms with Crippen molar-refractivity contribution in [3.63, 3.8) is 0 Å². The summed E-state index contributed by atoms with van der Waals surface area (Å²) in [4.78, 5) is 21.0. The first kappa shape index (κ1) is 12.3. The molecule has 1 N–H and O–H groups in total. The van der Waals surface area contributed by atoms with E-state index in [1.807, 2.05) is 0 Å². The Morgan fingerprint density at radius 2 is 1.94 bits per heavy atom. The molecule has 0 amide bonds. The van der Waals surface area contributed by atoms with Crippen LogP contribution in [0.4, 0.5) is 0 Å². The fraction of sp³-hybridized carbons (Fsp3) is 0.909. The van der Waals surface area contributed by atoms with Gasteiger partial charge >= 0.3 is 7.60 Å². The molecule has 2 saturated carbocycles. The molecule has 0 aromatic rings. The van der Waals surface area contributed by atoms with Gasteiger partial charge in [0.15, 0.2) is 0 Å². The number of hydrogen-bond acceptors (Lipinski definition) is 3. The monoisotopic (exact) mass is 246 g/mol. The van der Waals surface area contributed by atoms with Crippen molar-refractivity contribution in [2.45, 2.75) is 38.5 Å². The minimum Gasteiger partial charge on any atom is -0.324 e. The van der Waals surface area contributed by atoms with Gasteiger partial charge in [-0.3, -0.25) is 9.36 Å². The van der Waals surface area contributed by atoms with E-state index in [0.717, 1.165) is 25.7 Å². The van der Waals surface area contributed by atoms with Gasteiger partial charge in [0.05, 0.1) is 0 Å². The molecule has 5 heteroatoms. The van der Waals surface area contributed by atoms with Gasteiger partial charge in [0.1, 0.15) is 11.9 Å². The van der Waals surface area contributed by atoms with Gasteiger partial charge in [-0.25, -0.2) is 0 Å². The van der Waals surface area contributed by atoms with Gasteiger partial charge < -0.3 is 9.42 Å².